The monoisotopic (exact) mass is 223 g/mol. The second-order valence-electron chi connectivity index (χ2n) is 4.67. The van der Waals surface area contributed by atoms with Crippen LogP contribution in [0.15, 0.2) is 18.3 Å². The number of nitrogens with zero attached hydrogens (tertiary/aromatic N) is 2. The normalized spacial score (nSPS) is 12.3. The van der Waals surface area contributed by atoms with Crippen LogP contribution >= 0.6 is 11.6 Å². The van der Waals surface area contributed by atoms with Gasteiger partial charge >= 0.3 is 0 Å². The zero-order valence-corrected chi connectivity index (χ0v) is 9.84. The van der Waals surface area contributed by atoms with Crippen molar-refractivity contribution >= 4 is 22.9 Å². The van der Waals surface area contributed by atoms with Crippen LogP contribution in [-0.2, 0) is 5.41 Å². The third kappa shape index (κ3) is 1.67. The summed E-state index contributed by atoms with van der Waals surface area (Å²) in [5.41, 5.74) is 6.71. The van der Waals surface area contributed by atoms with E-state index in [-0.39, 0.29) is 5.41 Å². The SMILES string of the molecule is CC(C)(C)c1nc(N)c2ccc(Cl)cn12. The van der Waals surface area contributed by atoms with Crippen LogP contribution in [0.4, 0.5) is 5.82 Å². The van der Waals surface area contributed by atoms with Gasteiger partial charge in [-0.2, -0.15) is 0 Å². The number of halogens is 1. The van der Waals surface area contributed by atoms with E-state index in [1.165, 1.54) is 0 Å². The van der Waals surface area contributed by atoms with Crippen molar-refractivity contribution in [3.63, 3.8) is 0 Å². The van der Waals surface area contributed by atoms with Gasteiger partial charge in [0.15, 0.2) is 0 Å². The number of hydrogen-bond acceptors (Lipinski definition) is 2. The molecule has 0 aromatic carbocycles. The molecule has 2 heterocycles. The largest absolute Gasteiger partial charge is 0.382 e. The first kappa shape index (κ1) is 10.3. The first-order valence-electron chi connectivity index (χ1n) is 4.83. The zero-order valence-electron chi connectivity index (χ0n) is 9.08. The smallest absolute Gasteiger partial charge is 0.149 e. The predicted octanol–water partition coefficient (Wildman–Crippen LogP) is 2.87. The van der Waals surface area contributed by atoms with Gasteiger partial charge in [0.25, 0.3) is 0 Å². The van der Waals surface area contributed by atoms with Crippen molar-refractivity contribution in [3.05, 3.63) is 29.2 Å². The van der Waals surface area contributed by atoms with Crippen molar-refractivity contribution in [3.8, 4) is 0 Å². The summed E-state index contributed by atoms with van der Waals surface area (Å²) in [7, 11) is 0. The van der Waals surface area contributed by atoms with Gasteiger partial charge in [0, 0.05) is 11.6 Å². The Balaban J connectivity index is 2.81. The summed E-state index contributed by atoms with van der Waals surface area (Å²) in [5, 5.41) is 0.686. The fraction of sp³-hybridized carbons (Fsp3) is 0.364. The Morgan fingerprint density at radius 3 is 2.60 bits per heavy atom. The van der Waals surface area contributed by atoms with Gasteiger partial charge in [0.05, 0.1) is 10.5 Å². The highest BCUT2D eigenvalue weighted by atomic mass is 35.5. The number of imidazole rings is 1. The molecule has 2 aromatic heterocycles. The fourth-order valence-electron chi connectivity index (χ4n) is 1.61. The van der Waals surface area contributed by atoms with Gasteiger partial charge in [-0.3, -0.25) is 4.40 Å². The van der Waals surface area contributed by atoms with Gasteiger partial charge < -0.3 is 5.73 Å². The summed E-state index contributed by atoms with van der Waals surface area (Å²) in [6.45, 7) is 6.30. The molecule has 0 aliphatic heterocycles. The standard InChI is InChI=1S/C11H14ClN3/c1-11(2,3)10-14-9(13)8-5-4-7(12)6-15(8)10/h4-6H,13H2,1-3H3. The predicted molar refractivity (Wildman–Crippen MR) is 63.3 cm³/mol. The van der Waals surface area contributed by atoms with E-state index >= 15 is 0 Å². The van der Waals surface area contributed by atoms with E-state index in [9.17, 15) is 0 Å². The van der Waals surface area contributed by atoms with E-state index in [2.05, 4.69) is 25.8 Å². The minimum Gasteiger partial charge on any atom is -0.382 e. The quantitative estimate of drug-likeness (QED) is 0.747. The molecule has 15 heavy (non-hydrogen) atoms. The number of fused-ring (bicyclic) bond motifs is 1. The third-order valence-corrected chi connectivity index (χ3v) is 2.52. The Morgan fingerprint density at radius 1 is 1.33 bits per heavy atom. The molecule has 0 atom stereocenters. The lowest BCUT2D eigenvalue weighted by Gasteiger charge is -2.16. The molecule has 2 rings (SSSR count). The highest BCUT2D eigenvalue weighted by Gasteiger charge is 2.21. The fourth-order valence-corrected chi connectivity index (χ4v) is 1.77. The lowest BCUT2D eigenvalue weighted by molar-refractivity contribution is 0.543. The minimum atomic E-state index is -0.0504. The molecule has 0 amide bonds. The van der Waals surface area contributed by atoms with Crippen LogP contribution in [-0.4, -0.2) is 9.38 Å². The molecular formula is C11H14ClN3. The Bertz CT molecular complexity index is 508. The summed E-state index contributed by atoms with van der Waals surface area (Å²) in [4.78, 5) is 4.38. The highest BCUT2D eigenvalue weighted by Crippen LogP contribution is 2.26. The molecule has 0 saturated carbocycles. The number of pyridine rings is 1. The van der Waals surface area contributed by atoms with Crippen molar-refractivity contribution in [1.29, 1.82) is 0 Å². The summed E-state index contributed by atoms with van der Waals surface area (Å²) in [6.07, 6.45) is 1.85. The number of rotatable bonds is 0. The number of hydrogen-bond donors (Lipinski definition) is 1. The molecule has 0 fully saturated rings. The topological polar surface area (TPSA) is 43.3 Å². The molecule has 80 valence electrons. The maximum Gasteiger partial charge on any atom is 0.149 e. The Hall–Kier alpha value is -1.22. The molecule has 0 radical (unpaired) electrons. The molecule has 0 aliphatic rings. The molecule has 0 saturated heterocycles. The van der Waals surface area contributed by atoms with Crippen LogP contribution in [0.25, 0.3) is 5.52 Å². The van der Waals surface area contributed by atoms with Gasteiger partial charge in [0.1, 0.15) is 11.6 Å². The molecule has 4 heteroatoms. The van der Waals surface area contributed by atoms with E-state index in [1.54, 1.807) is 0 Å². The molecule has 0 unspecified atom stereocenters. The summed E-state index contributed by atoms with van der Waals surface area (Å²) in [6, 6.07) is 3.71. The molecule has 0 bridgehead atoms. The lowest BCUT2D eigenvalue weighted by atomic mass is 9.96. The first-order valence-corrected chi connectivity index (χ1v) is 5.21. The molecule has 2 aromatic rings. The number of nitrogens with two attached hydrogens (primary N) is 1. The van der Waals surface area contributed by atoms with E-state index in [4.69, 9.17) is 17.3 Å². The van der Waals surface area contributed by atoms with Gasteiger partial charge in [-0.25, -0.2) is 4.98 Å². The summed E-state index contributed by atoms with van der Waals surface area (Å²) < 4.78 is 1.96. The first-order chi connectivity index (χ1) is 6.89. The third-order valence-electron chi connectivity index (χ3n) is 2.30. The van der Waals surface area contributed by atoms with E-state index in [0.29, 0.717) is 10.8 Å². The van der Waals surface area contributed by atoms with Gasteiger partial charge in [-0.1, -0.05) is 32.4 Å². The maximum absolute atomic E-state index is 5.96. The van der Waals surface area contributed by atoms with Crippen molar-refractivity contribution in [2.75, 3.05) is 5.73 Å². The van der Waals surface area contributed by atoms with Crippen LogP contribution in [0.5, 0.6) is 0 Å². The molecular weight excluding hydrogens is 210 g/mol. The van der Waals surface area contributed by atoms with Crippen LogP contribution < -0.4 is 5.73 Å². The van der Waals surface area contributed by atoms with Gasteiger partial charge in [0.2, 0.25) is 0 Å². The van der Waals surface area contributed by atoms with Crippen molar-refractivity contribution < 1.29 is 0 Å². The zero-order chi connectivity index (χ0) is 11.2. The van der Waals surface area contributed by atoms with Crippen molar-refractivity contribution in [2.45, 2.75) is 26.2 Å². The number of nitrogen functional groups attached to an aromatic ring is 1. The van der Waals surface area contributed by atoms with Crippen molar-refractivity contribution in [1.82, 2.24) is 9.38 Å². The van der Waals surface area contributed by atoms with Gasteiger partial charge in [-0.05, 0) is 12.1 Å². The number of aromatic nitrogens is 2. The average molecular weight is 224 g/mol. The van der Waals surface area contributed by atoms with Gasteiger partial charge in [-0.15, -0.1) is 0 Å². The second kappa shape index (κ2) is 3.14. The van der Waals surface area contributed by atoms with E-state index in [1.807, 2.05) is 22.7 Å². The van der Waals surface area contributed by atoms with Crippen LogP contribution in [0.2, 0.25) is 5.02 Å². The Kier molecular flexibility index (Phi) is 2.15. The van der Waals surface area contributed by atoms with Crippen LogP contribution in [0, 0.1) is 0 Å². The van der Waals surface area contributed by atoms with Crippen LogP contribution in [0.3, 0.4) is 0 Å². The summed E-state index contributed by atoms with van der Waals surface area (Å²) >= 11 is 5.96. The lowest BCUT2D eigenvalue weighted by Crippen LogP contribution is -2.15. The Morgan fingerprint density at radius 2 is 2.00 bits per heavy atom. The summed E-state index contributed by atoms with van der Waals surface area (Å²) in [5.74, 6) is 1.48. The minimum absolute atomic E-state index is 0.0504. The second-order valence-corrected chi connectivity index (χ2v) is 5.11. The van der Waals surface area contributed by atoms with Crippen LogP contribution in [0.1, 0.15) is 26.6 Å². The molecule has 3 nitrogen and oxygen atoms in total. The highest BCUT2D eigenvalue weighted by molar-refractivity contribution is 6.30. The Labute approximate surface area is 93.9 Å². The van der Waals surface area contributed by atoms with E-state index < -0.39 is 0 Å². The number of anilines is 1. The van der Waals surface area contributed by atoms with E-state index in [0.717, 1.165) is 11.3 Å². The molecule has 0 spiro atoms. The molecule has 2 N–H and O–H groups in total. The van der Waals surface area contributed by atoms with Crippen molar-refractivity contribution in [2.24, 2.45) is 0 Å². The maximum atomic E-state index is 5.96. The molecule has 0 aliphatic carbocycles. The average Bonchev–Trinajstić information content (AvgIpc) is 2.42.